The Balaban J connectivity index is 1.92. The zero-order valence-electron chi connectivity index (χ0n) is 16.5. The summed E-state index contributed by atoms with van der Waals surface area (Å²) in [7, 11) is -3.66. The molecule has 2 aromatic rings. The van der Waals surface area contributed by atoms with E-state index in [4.69, 9.17) is 4.74 Å². The second-order valence-corrected chi connectivity index (χ2v) is 8.74. The van der Waals surface area contributed by atoms with E-state index in [0.29, 0.717) is 24.6 Å². The molecule has 0 unspecified atom stereocenters. The Morgan fingerprint density at radius 2 is 1.86 bits per heavy atom. The molecule has 0 bridgehead atoms. The van der Waals surface area contributed by atoms with Crippen molar-refractivity contribution in [1.29, 1.82) is 0 Å². The van der Waals surface area contributed by atoms with Gasteiger partial charge in [0.05, 0.1) is 18.6 Å². The van der Waals surface area contributed by atoms with Gasteiger partial charge in [-0.2, -0.15) is 0 Å². The number of carbonyl (C=O) groups is 1. The minimum atomic E-state index is -3.66. The van der Waals surface area contributed by atoms with Crippen LogP contribution in [0.15, 0.2) is 48.5 Å². The van der Waals surface area contributed by atoms with E-state index in [9.17, 15) is 13.2 Å². The molecule has 1 aliphatic heterocycles. The van der Waals surface area contributed by atoms with Gasteiger partial charge >= 0.3 is 0 Å². The number of hydrogen-bond acceptors (Lipinski definition) is 4. The zero-order valence-corrected chi connectivity index (χ0v) is 17.3. The second-order valence-electron chi connectivity index (χ2n) is 6.88. The van der Waals surface area contributed by atoms with E-state index in [1.54, 1.807) is 36.1 Å². The summed E-state index contributed by atoms with van der Waals surface area (Å²) in [5, 5.41) is 0. The van der Waals surface area contributed by atoms with Crippen molar-refractivity contribution in [2.75, 3.05) is 28.6 Å². The van der Waals surface area contributed by atoms with Crippen molar-refractivity contribution < 1.29 is 17.9 Å². The maximum absolute atomic E-state index is 13.3. The Bertz CT molecular complexity index is 941. The molecule has 0 N–H and O–H groups in total. The number of anilines is 2. The molecular formula is C21H26N2O4S. The number of carbonyl (C=O) groups excluding carboxylic acids is 1. The number of aryl methyl sites for hydroxylation is 1. The smallest absolute Gasteiger partial charge is 0.250 e. The van der Waals surface area contributed by atoms with Gasteiger partial charge in [-0.15, -0.1) is 0 Å². The molecule has 6 nitrogen and oxygen atoms in total. The van der Waals surface area contributed by atoms with Crippen LogP contribution in [-0.4, -0.2) is 39.8 Å². The minimum Gasteiger partial charge on any atom is -0.494 e. The van der Waals surface area contributed by atoms with E-state index in [2.05, 4.69) is 0 Å². The molecule has 0 radical (unpaired) electrons. The number of ether oxygens (including phenoxy) is 1. The predicted molar refractivity (Wildman–Crippen MR) is 112 cm³/mol. The first-order valence-corrected chi connectivity index (χ1v) is 11.3. The monoisotopic (exact) mass is 402 g/mol. The van der Waals surface area contributed by atoms with E-state index in [1.807, 2.05) is 31.2 Å². The van der Waals surface area contributed by atoms with E-state index < -0.39 is 16.1 Å². The third-order valence-electron chi connectivity index (χ3n) is 4.84. The van der Waals surface area contributed by atoms with Crippen LogP contribution in [0.25, 0.3) is 0 Å². The SMILES string of the molecule is CCOc1ccc(N([C@@H](C)C(=O)N2CCCc3ccccc32)S(C)(=O)=O)cc1. The number of hydrogen-bond donors (Lipinski definition) is 0. The summed E-state index contributed by atoms with van der Waals surface area (Å²) in [5.41, 5.74) is 2.42. The Labute approximate surface area is 166 Å². The standard InChI is InChI=1S/C21H26N2O4S/c1-4-27-19-13-11-18(12-14-19)23(28(3,25)26)16(2)21(24)22-15-7-9-17-8-5-6-10-20(17)22/h5-6,8,10-14,16H,4,7,9,15H2,1-3H3/t16-/m0/s1. The summed E-state index contributed by atoms with van der Waals surface area (Å²) in [6.07, 6.45) is 2.90. The van der Waals surface area contributed by atoms with E-state index in [0.717, 1.165) is 30.3 Å². The lowest BCUT2D eigenvalue weighted by Crippen LogP contribution is -2.50. The van der Waals surface area contributed by atoms with Crippen molar-refractivity contribution in [1.82, 2.24) is 0 Å². The average Bonchev–Trinajstić information content (AvgIpc) is 2.67. The van der Waals surface area contributed by atoms with Crippen molar-refractivity contribution in [3.8, 4) is 5.75 Å². The molecule has 3 rings (SSSR count). The number of amides is 1. The van der Waals surface area contributed by atoms with Crippen molar-refractivity contribution in [3.63, 3.8) is 0 Å². The molecule has 0 aliphatic carbocycles. The van der Waals surface area contributed by atoms with Crippen LogP contribution >= 0.6 is 0 Å². The summed E-state index contributed by atoms with van der Waals surface area (Å²) in [6.45, 7) is 4.63. The summed E-state index contributed by atoms with van der Waals surface area (Å²) >= 11 is 0. The lowest BCUT2D eigenvalue weighted by molar-refractivity contribution is -0.119. The molecule has 1 atom stereocenters. The zero-order chi connectivity index (χ0) is 20.3. The molecule has 2 aromatic carbocycles. The maximum atomic E-state index is 13.3. The lowest BCUT2D eigenvalue weighted by atomic mass is 10.0. The lowest BCUT2D eigenvalue weighted by Gasteiger charge is -2.35. The molecule has 0 fully saturated rings. The summed E-state index contributed by atoms with van der Waals surface area (Å²) in [5.74, 6) is 0.426. The molecule has 7 heteroatoms. The predicted octanol–water partition coefficient (Wildman–Crippen LogP) is 3.22. The number of benzene rings is 2. The van der Waals surface area contributed by atoms with E-state index in [-0.39, 0.29) is 5.91 Å². The Morgan fingerprint density at radius 1 is 1.18 bits per heavy atom. The molecule has 0 saturated carbocycles. The fourth-order valence-electron chi connectivity index (χ4n) is 3.65. The molecule has 0 aromatic heterocycles. The summed E-state index contributed by atoms with van der Waals surface area (Å²) < 4.78 is 31.7. The maximum Gasteiger partial charge on any atom is 0.250 e. The number of rotatable bonds is 6. The second kappa shape index (κ2) is 8.22. The topological polar surface area (TPSA) is 66.9 Å². The highest BCUT2D eigenvalue weighted by molar-refractivity contribution is 7.92. The molecule has 0 saturated heterocycles. The van der Waals surface area contributed by atoms with Gasteiger partial charge in [0.15, 0.2) is 0 Å². The van der Waals surface area contributed by atoms with Gasteiger partial charge < -0.3 is 9.64 Å². The van der Waals surface area contributed by atoms with Crippen LogP contribution in [-0.2, 0) is 21.2 Å². The highest BCUT2D eigenvalue weighted by atomic mass is 32.2. The molecular weight excluding hydrogens is 376 g/mol. The number of fused-ring (bicyclic) bond motifs is 1. The normalized spacial score (nSPS) is 14.9. The first-order chi connectivity index (χ1) is 13.3. The van der Waals surface area contributed by atoms with Gasteiger partial charge in [0.2, 0.25) is 10.0 Å². The molecule has 1 heterocycles. The van der Waals surface area contributed by atoms with Crippen molar-refractivity contribution in [2.24, 2.45) is 0 Å². The Kier molecular flexibility index (Phi) is 5.93. The van der Waals surface area contributed by atoms with Gasteiger partial charge in [-0.3, -0.25) is 9.10 Å². The Morgan fingerprint density at radius 3 is 2.50 bits per heavy atom. The van der Waals surface area contributed by atoms with E-state index >= 15 is 0 Å². The van der Waals surface area contributed by atoms with Crippen molar-refractivity contribution >= 4 is 27.3 Å². The van der Waals surface area contributed by atoms with Crippen molar-refractivity contribution in [2.45, 2.75) is 32.7 Å². The van der Waals surface area contributed by atoms with Gasteiger partial charge in [-0.05, 0) is 62.6 Å². The van der Waals surface area contributed by atoms with Gasteiger partial charge in [0.1, 0.15) is 11.8 Å². The summed E-state index contributed by atoms with van der Waals surface area (Å²) in [4.78, 5) is 15.0. The fraction of sp³-hybridized carbons (Fsp3) is 0.381. The largest absolute Gasteiger partial charge is 0.494 e. The Hall–Kier alpha value is -2.54. The van der Waals surface area contributed by atoms with Crippen LogP contribution in [0.3, 0.4) is 0 Å². The van der Waals surface area contributed by atoms with Gasteiger partial charge in [0.25, 0.3) is 5.91 Å². The molecule has 28 heavy (non-hydrogen) atoms. The quantitative estimate of drug-likeness (QED) is 0.744. The van der Waals surface area contributed by atoms with Crippen LogP contribution in [0.4, 0.5) is 11.4 Å². The van der Waals surface area contributed by atoms with Gasteiger partial charge in [0, 0.05) is 12.2 Å². The first kappa shape index (κ1) is 20.2. The van der Waals surface area contributed by atoms with E-state index in [1.165, 1.54) is 4.31 Å². The first-order valence-electron chi connectivity index (χ1n) is 9.44. The highest BCUT2D eigenvalue weighted by Crippen LogP contribution is 2.30. The van der Waals surface area contributed by atoms with Crippen molar-refractivity contribution in [3.05, 3.63) is 54.1 Å². The number of sulfonamides is 1. The molecule has 1 aliphatic rings. The molecule has 150 valence electrons. The number of nitrogens with zero attached hydrogens (tertiary/aromatic N) is 2. The number of para-hydroxylation sites is 1. The molecule has 1 amide bonds. The third kappa shape index (κ3) is 4.14. The van der Waals surface area contributed by atoms with Crippen LogP contribution in [0.1, 0.15) is 25.8 Å². The van der Waals surface area contributed by atoms with Gasteiger partial charge in [-0.25, -0.2) is 8.42 Å². The van der Waals surface area contributed by atoms with Gasteiger partial charge in [-0.1, -0.05) is 18.2 Å². The summed E-state index contributed by atoms with van der Waals surface area (Å²) in [6, 6.07) is 13.7. The third-order valence-corrected chi connectivity index (χ3v) is 6.09. The van der Waals surface area contributed by atoms with Crippen LogP contribution in [0.5, 0.6) is 5.75 Å². The minimum absolute atomic E-state index is 0.230. The van der Waals surface area contributed by atoms with Crippen LogP contribution < -0.4 is 13.9 Å². The average molecular weight is 403 g/mol. The molecule has 0 spiro atoms. The van der Waals surface area contributed by atoms with Crippen LogP contribution in [0, 0.1) is 0 Å². The van der Waals surface area contributed by atoms with Crippen LogP contribution in [0.2, 0.25) is 0 Å². The fourth-order valence-corrected chi connectivity index (χ4v) is 4.82. The highest BCUT2D eigenvalue weighted by Gasteiger charge is 2.34.